The summed E-state index contributed by atoms with van der Waals surface area (Å²) in [5, 5.41) is 3.14. The fourth-order valence-corrected chi connectivity index (χ4v) is 2.58. The monoisotopic (exact) mass is 293 g/mol. The van der Waals surface area contributed by atoms with Crippen molar-refractivity contribution < 1.29 is 9.21 Å². The average Bonchev–Trinajstić information content (AvgIpc) is 3.11. The lowest BCUT2D eigenvalue weighted by Gasteiger charge is -2.23. The molecule has 2 rings (SSSR count). The quantitative estimate of drug-likeness (QED) is 0.515. The number of likely N-dealkylation sites (tertiary alicyclic amines) is 1. The summed E-state index contributed by atoms with van der Waals surface area (Å²) >= 11 is 0. The molecule has 0 saturated carbocycles. The molecule has 0 radical (unpaired) electrons. The minimum absolute atomic E-state index is 0.135. The van der Waals surface area contributed by atoms with Crippen LogP contribution in [0.3, 0.4) is 0 Å². The molecule has 1 unspecified atom stereocenters. The first-order chi connectivity index (χ1) is 10.1. The van der Waals surface area contributed by atoms with Crippen LogP contribution in [0, 0.1) is 0 Å². The summed E-state index contributed by atoms with van der Waals surface area (Å²) in [5.41, 5.74) is 11.0. The summed E-state index contributed by atoms with van der Waals surface area (Å²) in [5.74, 6) is 0.494. The van der Waals surface area contributed by atoms with E-state index in [4.69, 9.17) is 15.9 Å². The van der Waals surface area contributed by atoms with Crippen molar-refractivity contribution in [2.45, 2.75) is 32.4 Å². The van der Waals surface area contributed by atoms with Gasteiger partial charge in [0.2, 0.25) is 0 Å². The first-order valence-electron chi connectivity index (χ1n) is 7.26. The van der Waals surface area contributed by atoms with Crippen molar-refractivity contribution in [3.8, 4) is 0 Å². The number of nitrogens with zero attached hydrogens (tertiary/aromatic N) is 2. The second-order valence-corrected chi connectivity index (χ2v) is 5.14. The van der Waals surface area contributed by atoms with E-state index in [2.05, 4.69) is 22.1 Å². The van der Waals surface area contributed by atoms with Gasteiger partial charge in [-0.1, -0.05) is 6.92 Å². The Kier molecular flexibility index (Phi) is 5.21. The lowest BCUT2D eigenvalue weighted by Crippen LogP contribution is -2.42. The van der Waals surface area contributed by atoms with E-state index in [1.165, 1.54) is 18.9 Å². The van der Waals surface area contributed by atoms with Crippen molar-refractivity contribution >= 4 is 11.9 Å². The van der Waals surface area contributed by atoms with Gasteiger partial charge in [-0.3, -0.25) is 9.69 Å². The molecular weight excluding hydrogens is 270 g/mol. The van der Waals surface area contributed by atoms with Gasteiger partial charge in [0, 0.05) is 12.6 Å². The second-order valence-electron chi connectivity index (χ2n) is 5.14. The molecule has 1 fully saturated rings. The van der Waals surface area contributed by atoms with Crippen LogP contribution < -0.4 is 16.8 Å². The highest BCUT2D eigenvalue weighted by Gasteiger charge is 2.22. The maximum absolute atomic E-state index is 10.9. The fourth-order valence-electron chi connectivity index (χ4n) is 2.58. The first kappa shape index (κ1) is 15.4. The molecule has 0 aromatic carbocycles. The molecule has 2 heterocycles. The Hall–Kier alpha value is -2.02. The van der Waals surface area contributed by atoms with E-state index in [1.54, 1.807) is 6.07 Å². The fraction of sp³-hybridized carbons (Fsp3) is 0.571. The smallest absolute Gasteiger partial charge is 0.284 e. The van der Waals surface area contributed by atoms with E-state index in [0.717, 1.165) is 19.6 Å². The SMILES string of the molecule is CCN1CCCC1CNC(N)=NCc1ccc(C(N)=O)o1. The Morgan fingerprint density at radius 3 is 3.00 bits per heavy atom. The summed E-state index contributed by atoms with van der Waals surface area (Å²) in [6.07, 6.45) is 2.42. The lowest BCUT2D eigenvalue weighted by atomic mass is 10.2. The number of likely N-dealkylation sites (N-methyl/N-ethyl adjacent to an activating group) is 1. The van der Waals surface area contributed by atoms with E-state index in [-0.39, 0.29) is 12.3 Å². The molecular formula is C14H23N5O2. The number of hydrogen-bond acceptors (Lipinski definition) is 4. The van der Waals surface area contributed by atoms with Crippen LogP contribution >= 0.6 is 0 Å². The maximum Gasteiger partial charge on any atom is 0.284 e. The number of rotatable bonds is 6. The first-order valence-corrected chi connectivity index (χ1v) is 7.26. The van der Waals surface area contributed by atoms with Gasteiger partial charge in [-0.05, 0) is 38.1 Å². The highest BCUT2D eigenvalue weighted by atomic mass is 16.3. The van der Waals surface area contributed by atoms with Gasteiger partial charge < -0.3 is 21.2 Å². The average molecular weight is 293 g/mol. The van der Waals surface area contributed by atoms with Gasteiger partial charge in [-0.25, -0.2) is 4.99 Å². The highest BCUT2D eigenvalue weighted by molar-refractivity contribution is 5.89. The molecule has 1 aromatic heterocycles. The number of carbonyl (C=O) groups is 1. The molecule has 0 bridgehead atoms. The normalized spacial score (nSPS) is 19.9. The summed E-state index contributed by atoms with van der Waals surface area (Å²) in [6, 6.07) is 3.73. The zero-order valence-electron chi connectivity index (χ0n) is 12.3. The van der Waals surface area contributed by atoms with Crippen LogP contribution in [0.2, 0.25) is 0 Å². The van der Waals surface area contributed by atoms with Crippen LogP contribution in [-0.4, -0.2) is 42.4 Å². The molecule has 21 heavy (non-hydrogen) atoms. The molecule has 1 aromatic rings. The second kappa shape index (κ2) is 7.12. The van der Waals surface area contributed by atoms with E-state index in [1.807, 2.05) is 0 Å². The standard InChI is InChI=1S/C14H23N5O2/c1-2-19-7-3-4-10(19)8-17-14(16)18-9-11-5-6-12(21-11)13(15)20/h5-6,10H,2-4,7-9H2,1H3,(H2,15,20)(H3,16,17,18). The van der Waals surface area contributed by atoms with Crippen molar-refractivity contribution in [2.75, 3.05) is 19.6 Å². The van der Waals surface area contributed by atoms with E-state index in [0.29, 0.717) is 17.8 Å². The Morgan fingerprint density at radius 1 is 1.52 bits per heavy atom. The molecule has 5 N–H and O–H groups in total. The number of furan rings is 1. The molecule has 1 aliphatic rings. The predicted molar refractivity (Wildman–Crippen MR) is 80.8 cm³/mol. The van der Waals surface area contributed by atoms with E-state index >= 15 is 0 Å². The van der Waals surface area contributed by atoms with Crippen molar-refractivity contribution in [3.05, 3.63) is 23.7 Å². The Bertz CT molecular complexity index is 511. The van der Waals surface area contributed by atoms with Crippen molar-refractivity contribution in [2.24, 2.45) is 16.5 Å². The van der Waals surface area contributed by atoms with Gasteiger partial charge >= 0.3 is 0 Å². The topological polar surface area (TPSA) is 110 Å². The van der Waals surface area contributed by atoms with Gasteiger partial charge in [0.25, 0.3) is 5.91 Å². The summed E-state index contributed by atoms with van der Waals surface area (Å²) in [4.78, 5) is 17.5. The van der Waals surface area contributed by atoms with Gasteiger partial charge in [0.05, 0.1) is 0 Å². The van der Waals surface area contributed by atoms with Gasteiger partial charge in [-0.15, -0.1) is 0 Å². The molecule has 116 valence electrons. The summed E-state index contributed by atoms with van der Waals surface area (Å²) in [6.45, 7) is 5.47. The molecule has 1 atom stereocenters. The third kappa shape index (κ3) is 4.22. The van der Waals surface area contributed by atoms with Crippen LogP contribution in [0.15, 0.2) is 21.5 Å². The minimum atomic E-state index is -0.586. The summed E-state index contributed by atoms with van der Waals surface area (Å²) in [7, 11) is 0. The van der Waals surface area contributed by atoms with Crippen molar-refractivity contribution in [1.82, 2.24) is 10.2 Å². The van der Waals surface area contributed by atoms with E-state index in [9.17, 15) is 4.79 Å². The number of primary amides is 1. The number of carbonyl (C=O) groups excluding carboxylic acids is 1. The van der Waals surface area contributed by atoms with Crippen molar-refractivity contribution in [3.63, 3.8) is 0 Å². The Labute approximate surface area is 124 Å². The lowest BCUT2D eigenvalue weighted by molar-refractivity contribution is 0.0972. The van der Waals surface area contributed by atoms with Crippen LogP contribution in [0.1, 0.15) is 36.1 Å². The Balaban J connectivity index is 1.79. The molecule has 7 heteroatoms. The highest BCUT2D eigenvalue weighted by Crippen LogP contribution is 2.15. The Morgan fingerprint density at radius 2 is 2.33 bits per heavy atom. The summed E-state index contributed by atoms with van der Waals surface area (Å²) < 4.78 is 5.23. The number of nitrogens with one attached hydrogen (secondary N) is 1. The number of nitrogens with two attached hydrogens (primary N) is 2. The number of hydrogen-bond donors (Lipinski definition) is 3. The molecule has 0 aliphatic carbocycles. The predicted octanol–water partition coefficient (Wildman–Crippen LogP) is 0.267. The van der Waals surface area contributed by atoms with Gasteiger partial charge in [0.15, 0.2) is 11.7 Å². The van der Waals surface area contributed by atoms with Crippen LogP contribution in [-0.2, 0) is 6.54 Å². The number of amides is 1. The molecule has 1 amide bonds. The number of guanidine groups is 1. The third-order valence-electron chi connectivity index (χ3n) is 3.73. The van der Waals surface area contributed by atoms with E-state index < -0.39 is 5.91 Å². The molecule has 1 saturated heterocycles. The minimum Gasteiger partial charge on any atom is -0.454 e. The largest absolute Gasteiger partial charge is 0.454 e. The zero-order valence-corrected chi connectivity index (χ0v) is 12.3. The van der Waals surface area contributed by atoms with Crippen LogP contribution in [0.5, 0.6) is 0 Å². The molecule has 1 aliphatic heterocycles. The van der Waals surface area contributed by atoms with Gasteiger partial charge in [0.1, 0.15) is 12.3 Å². The zero-order chi connectivity index (χ0) is 15.2. The van der Waals surface area contributed by atoms with Crippen LogP contribution in [0.25, 0.3) is 0 Å². The molecule has 0 spiro atoms. The third-order valence-corrected chi connectivity index (χ3v) is 3.73. The number of aliphatic imine (C=N–C) groups is 1. The molecule has 7 nitrogen and oxygen atoms in total. The van der Waals surface area contributed by atoms with Crippen molar-refractivity contribution in [1.29, 1.82) is 0 Å². The van der Waals surface area contributed by atoms with Gasteiger partial charge in [-0.2, -0.15) is 0 Å². The van der Waals surface area contributed by atoms with Crippen LogP contribution in [0.4, 0.5) is 0 Å². The maximum atomic E-state index is 10.9.